The van der Waals surface area contributed by atoms with Crippen molar-refractivity contribution >= 4 is 40.0 Å². The van der Waals surface area contributed by atoms with Crippen LogP contribution in [0.25, 0.3) is 10.9 Å². The van der Waals surface area contributed by atoms with E-state index in [0.29, 0.717) is 42.1 Å². The second-order valence-corrected chi connectivity index (χ2v) is 12.2. The maximum absolute atomic E-state index is 15.7. The van der Waals surface area contributed by atoms with Crippen LogP contribution in [0.4, 0.5) is 20.2 Å². The first-order valence-corrected chi connectivity index (χ1v) is 15.7. The molecule has 1 saturated carbocycles. The third kappa shape index (κ3) is 7.10. The van der Waals surface area contributed by atoms with Crippen LogP contribution in [0.2, 0.25) is 0 Å². The summed E-state index contributed by atoms with van der Waals surface area (Å²) in [4.78, 5) is 44.8. The third-order valence-corrected chi connectivity index (χ3v) is 8.97. The molecule has 4 N–H and O–H groups in total. The lowest BCUT2D eigenvalue weighted by atomic mass is 9.98. The minimum absolute atomic E-state index is 0.108. The molecule has 49 heavy (non-hydrogen) atoms. The molecular weight excluding hydrogens is 640 g/mol. The Morgan fingerprint density at radius 2 is 1.69 bits per heavy atom. The quantitative estimate of drug-likeness (QED) is 0.109. The van der Waals surface area contributed by atoms with Crippen molar-refractivity contribution in [3.63, 3.8) is 0 Å². The number of fused-ring (bicyclic) bond motifs is 1. The van der Waals surface area contributed by atoms with Crippen LogP contribution in [0.5, 0.6) is 23.0 Å². The first-order valence-electron chi connectivity index (χ1n) is 15.7. The Hall–Kier alpha value is -5.34. The predicted molar refractivity (Wildman–Crippen MR) is 174 cm³/mol. The van der Waals surface area contributed by atoms with E-state index in [1.54, 1.807) is 23.7 Å². The number of hydroxylamine groups is 1. The fraction of sp³-hybridized carbons (Fsp3) is 0.314. The number of amides is 3. The summed E-state index contributed by atoms with van der Waals surface area (Å²) in [5, 5.41) is 9.31. The Morgan fingerprint density at radius 3 is 2.33 bits per heavy atom. The van der Waals surface area contributed by atoms with E-state index >= 15 is 4.39 Å². The van der Waals surface area contributed by atoms with Gasteiger partial charge in [0.1, 0.15) is 17.0 Å². The van der Waals surface area contributed by atoms with Gasteiger partial charge in [-0.2, -0.15) is 0 Å². The summed E-state index contributed by atoms with van der Waals surface area (Å²) in [7, 11) is 1.52. The first kappa shape index (κ1) is 33.6. The van der Waals surface area contributed by atoms with Gasteiger partial charge in [0.05, 0.1) is 31.5 Å². The smallest absolute Gasteiger partial charge is 0.257 e. The number of hydrogen-bond acceptors (Lipinski definition) is 9. The number of anilines is 2. The zero-order valence-electron chi connectivity index (χ0n) is 26.7. The van der Waals surface area contributed by atoms with Crippen LogP contribution < -0.4 is 30.3 Å². The van der Waals surface area contributed by atoms with Crippen molar-refractivity contribution in [2.45, 2.75) is 25.7 Å². The van der Waals surface area contributed by atoms with Gasteiger partial charge < -0.3 is 19.9 Å². The fourth-order valence-electron chi connectivity index (χ4n) is 5.96. The van der Waals surface area contributed by atoms with Gasteiger partial charge in [0.25, 0.3) is 5.91 Å². The lowest BCUT2D eigenvalue weighted by molar-refractivity contribution is -0.133. The van der Waals surface area contributed by atoms with E-state index in [1.807, 2.05) is 4.90 Å². The third-order valence-electron chi connectivity index (χ3n) is 8.97. The van der Waals surface area contributed by atoms with Crippen molar-refractivity contribution in [1.29, 1.82) is 0 Å². The van der Waals surface area contributed by atoms with Gasteiger partial charge in [-0.25, -0.2) is 14.3 Å². The van der Waals surface area contributed by atoms with Crippen molar-refractivity contribution in [3.05, 3.63) is 78.5 Å². The van der Waals surface area contributed by atoms with Crippen LogP contribution in [0.3, 0.4) is 0 Å². The largest absolute Gasteiger partial charge is 0.493 e. The summed E-state index contributed by atoms with van der Waals surface area (Å²) in [6.45, 7) is 1.89. The number of methoxy groups -OCH3 is 1. The zero-order valence-corrected chi connectivity index (χ0v) is 26.7. The summed E-state index contributed by atoms with van der Waals surface area (Å²) >= 11 is 0. The molecule has 6 rings (SSSR count). The number of piperidine rings is 1. The normalized spacial score (nSPS) is 15.8. The Bertz CT molecular complexity index is 1880. The van der Waals surface area contributed by atoms with Crippen molar-refractivity contribution < 1.29 is 42.6 Å². The summed E-state index contributed by atoms with van der Waals surface area (Å²) < 4.78 is 47.3. The number of halogens is 2. The van der Waals surface area contributed by atoms with Gasteiger partial charge in [-0.15, -0.1) is 0 Å². The van der Waals surface area contributed by atoms with E-state index in [2.05, 4.69) is 4.98 Å². The molecule has 1 saturated heterocycles. The predicted octanol–water partition coefficient (Wildman–Crippen LogP) is 4.84. The maximum Gasteiger partial charge on any atom is 0.257 e. The number of primary amides is 1. The molecule has 14 heteroatoms. The van der Waals surface area contributed by atoms with E-state index in [4.69, 9.17) is 25.2 Å². The van der Waals surface area contributed by atoms with Crippen LogP contribution in [0.1, 0.15) is 25.7 Å². The summed E-state index contributed by atoms with van der Waals surface area (Å²) in [5.74, 6) is -1.88. The second kappa shape index (κ2) is 14.0. The van der Waals surface area contributed by atoms with Crippen molar-refractivity contribution in [2.24, 2.45) is 17.1 Å². The number of carbonyl (C=O) groups excluding carboxylic acids is 3. The number of rotatable bonds is 12. The summed E-state index contributed by atoms with van der Waals surface area (Å²) in [6.07, 6.45) is 3.64. The van der Waals surface area contributed by atoms with E-state index in [1.165, 1.54) is 49.7 Å². The van der Waals surface area contributed by atoms with Crippen LogP contribution in [-0.2, 0) is 14.4 Å². The lowest BCUT2D eigenvalue weighted by Gasteiger charge is -2.31. The molecule has 1 aliphatic heterocycles. The van der Waals surface area contributed by atoms with E-state index in [0.717, 1.165) is 23.8 Å². The number of nitrogens with zero attached hydrogens (tertiary/aromatic N) is 3. The molecular formula is C35H35F2N5O7. The molecule has 0 unspecified atom stereocenters. The molecule has 256 valence electrons. The highest BCUT2D eigenvalue weighted by Crippen LogP contribution is 2.49. The average Bonchev–Trinajstić information content (AvgIpc) is 3.92. The number of likely N-dealkylation sites (tertiary alicyclic amines) is 1. The number of benzene rings is 3. The topological polar surface area (TPSA) is 157 Å². The molecule has 1 aliphatic carbocycles. The molecule has 0 spiro atoms. The zero-order chi connectivity index (χ0) is 34.7. The Labute approximate surface area is 280 Å². The first-order chi connectivity index (χ1) is 23.6. The molecule has 4 aromatic rings. The van der Waals surface area contributed by atoms with Gasteiger partial charge in [0, 0.05) is 29.4 Å². The number of nitrogens with one attached hydrogen (secondary N) is 1. The van der Waals surface area contributed by atoms with E-state index in [9.17, 15) is 18.8 Å². The van der Waals surface area contributed by atoms with Crippen LogP contribution in [0.15, 0.2) is 66.9 Å². The molecule has 3 aromatic carbocycles. The number of pyridine rings is 1. The molecule has 2 fully saturated rings. The Morgan fingerprint density at radius 1 is 0.980 bits per heavy atom. The monoisotopic (exact) mass is 675 g/mol. The lowest BCUT2D eigenvalue weighted by Crippen LogP contribution is -2.41. The summed E-state index contributed by atoms with van der Waals surface area (Å²) in [6, 6.07) is 14.0. The number of hydrogen-bond donors (Lipinski definition) is 3. The Balaban J connectivity index is 1.23. The number of aromatic nitrogens is 1. The van der Waals surface area contributed by atoms with Gasteiger partial charge in [-0.3, -0.25) is 34.4 Å². The SMILES string of the molecule is COc1cc2nccc(Oc3ccc(N(C(=O)C4(C(N)=O)CC4)c4ccc(F)cc4)cc3F)c2cc1OCC1CCN(CC(=O)NO)CC1. The number of carbonyl (C=O) groups is 3. The minimum atomic E-state index is -1.41. The number of ether oxygens (including phenoxy) is 3. The van der Waals surface area contributed by atoms with Crippen LogP contribution in [-0.4, -0.2) is 66.2 Å². The highest BCUT2D eigenvalue weighted by Gasteiger charge is 2.57. The Kier molecular flexibility index (Phi) is 9.60. The molecule has 2 aliphatic rings. The molecule has 0 radical (unpaired) electrons. The average molecular weight is 676 g/mol. The van der Waals surface area contributed by atoms with Crippen LogP contribution in [0, 0.1) is 23.0 Å². The van der Waals surface area contributed by atoms with Gasteiger partial charge in [-0.1, -0.05) is 0 Å². The van der Waals surface area contributed by atoms with E-state index in [-0.39, 0.29) is 48.2 Å². The second-order valence-electron chi connectivity index (χ2n) is 12.2. The molecule has 2 heterocycles. The molecule has 12 nitrogen and oxygen atoms in total. The molecule has 0 atom stereocenters. The highest BCUT2D eigenvalue weighted by molar-refractivity contribution is 6.16. The summed E-state index contributed by atoms with van der Waals surface area (Å²) in [5.41, 5.74) is 6.68. The van der Waals surface area contributed by atoms with Crippen molar-refractivity contribution in [1.82, 2.24) is 15.4 Å². The van der Waals surface area contributed by atoms with Crippen molar-refractivity contribution in [2.75, 3.05) is 38.3 Å². The molecule has 1 aromatic heterocycles. The molecule has 3 amide bonds. The fourth-order valence-corrected chi connectivity index (χ4v) is 5.96. The maximum atomic E-state index is 15.7. The number of nitrogens with two attached hydrogens (primary N) is 1. The minimum Gasteiger partial charge on any atom is -0.493 e. The van der Waals surface area contributed by atoms with E-state index < -0.39 is 34.8 Å². The van der Waals surface area contributed by atoms with Gasteiger partial charge in [0.15, 0.2) is 23.1 Å². The standard InChI is InChI=1S/C35H35F2N5O7/c1-47-30-18-27-25(17-31(30)48-20-21-9-14-41(15-10-21)19-32(43)40-46)28(8-13-39-27)49-29-7-6-24(16-26(29)37)42(23-4-2-22(36)3-5-23)34(45)35(11-12-35)33(38)44/h2-8,13,16-18,21,46H,9-12,14-15,19-20H2,1H3,(H2,38,44)(H,40,43). The van der Waals surface area contributed by atoms with Gasteiger partial charge >= 0.3 is 0 Å². The highest BCUT2D eigenvalue weighted by atomic mass is 19.1. The molecule has 0 bridgehead atoms. The van der Waals surface area contributed by atoms with Crippen molar-refractivity contribution in [3.8, 4) is 23.0 Å². The van der Waals surface area contributed by atoms with Gasteiger partial charge in [-0.05, 0) is 93.2 Å². The van der Waals surface area contributed by atoms with Crippen LogP contribution >= 0.6 is 0 Å². The van der Waals surface area contributed by atoms with Gasteiger partial charge in [0.2, 0.25) is 11.8 Å².